The first-order chi connectivity index (χ1) is 7.63. The van der Waals surface area contributed by atoms with Gasteiger partial charge in [-0.2, -0.15) is 0 Å². The first kappa shape index (κ1) is 11.5. The van der Waals surface area contributed by atoms with E-state index in [-0.39, 0.29) is 5.88 Å². The highest BCUT2D eigenvalue weighted by Crippen LogP contribution is 2.23. The second kappa shape index (κ2) is 4.45. The molecule has 0 radical (unpaired) electrons. The zero-order valence-corrected chi connectivity index (χ0v) is 9.72. The summed E-state index contributed by atoms with van der Waals surface area (Å²) in [6.07, 6.45) is 0.101. The van der Waals surface area contributed by atoms with Crippen molar-refractivity contribution in [3.05, 3.63) is 36.0 Å². The van der Waals surface area contributed by atoms with E-state index in [0.29, 0.717) is 5.56 Å². The van der Waals surface area contributed by atoms with Crippen molar-refractivity contribution >= 4 is 22.5 Å². The summed E-state index contributed by atoms with van der Waals surface area (Å²) in [4.78, 5) is 0. The number of nitrogens with zero attached hydrogens (tertiary/aromatic N) is 1. The minimum absolute atomic E-state index is 0.0218. The molecule has 1 aromatic heterocycles. The third-order valence-electron chi connectivity index (χ3n) is 2.77. The molecule has 0 saturated heterocycles. The van der Waals surface area contributed by atoms with Crippen molar-refractivity contribution < 1.29 is 10.2 Å². The Bertz CT molecular complexity index is 495. The Morgan fingerprint density at radius 1 is 1.31 bits per heavy atom. The molecule has 0 saturated carbocycles. The van der Waals surface area contributed by atoms with Gasteiger partial charge in [-0.3, -0.25) is 0 Å². The minimum atomic E-state index is -0.929. The maximum absolute atomic E-state index is 9.81. The molecule has 0 fully saturated rings. The first-order valence-corrected chi connectivity index (χ1v) is 5.64. The average Bonchev–Trinajstić information content (AvgIpc) is 2.68. The average molecular weight is 240 g/mol. The van der Waals surface area contributed by atoms with Crippen molar-refractivity contribution in [3.8, 4) is 0 Å². The van der Waals surface area contributed by atoms with Gasteiger partial charge < -0.3 is 14.8 Å². The van der Waals surface area contributed by atoms with Crippen molar-refractivity contribution in [3.63, 3.8) is 0 Å². The maximum atomic E-state index is 9.81. The molecule has 0 aliphatic carbocycles. The van der Waals surface area contributed by atoms with Crippen LogP contribution in [0.4, 0.5) is 0 Å². The Labute approximate surface area is 98.9 Å². The van der Waals surface area contributed by atoms with E-state index >= 15 is 0 Å². The molecule has 1 heterocycles. The number of rotatable bonds is 3. The molecule has 1 aromatic carbocycles. The molecular weight excluding hydrogens is 226 g/mol. The van der Waals surface area contributed by atoms with E-state index in [1.807, 2.05) is 42.1 Å². The van der Waals surface area contributed by atoms with Gasteiger partial charge in [0.05, 0.1) is 12.0 Å². The molecule has 2 unspecified atom stereocenters. The lowest BCUT2D eigenvalue weighted by Crippen LogP contribution is -2.19. The van der Waals surface area contributed by atoms with Crippen LogP contribution in [0.1, 0.15) is 11.7 Å². The van der Waals surface area contributed by atoms with Crippen molar-refractivity contribution in [2.24, 2.45) is 7.05 Å². The lowest BCUT2D eigenvalue weighted by Gasteiger charge is -2.15. The quantitative estimate of drug-likeness (QED) is 0.803. The fraction of sp³-hybridized carbons (Fsp3) is 0.333. The van der Waals surface area contributed by atoms with Crippen LogP contribution in [0.3, 0.4) is 0 Å². The largest absolute Gasteiger partial charge is 0.389 e. The van der Waals surface area contributed by atoms with Crippen LogP contribution in [0.15, 0.2) is 30.5 Å². The molecule has 2 rings (SSSR count). The smallest absolute Gasteiger partial charge is 0.106 e. The van der Waals surface area contributed by atoms with Crippen molar-refractivity contribution in [2.45, 2.75) is 12.2 Å². The Balaban J connectivity index is 2.39. The normalized spacial score (nSPS) is 15.2. The zero-order chi connectivity index (χ0) is 11.7. The lowest BCUT2D eigenvalue weighted by atomic mass is 10.0. The first-order valence-electron chi connectivity index (χ1n) is 5.10. The third kappa shape index (κ3) is 1.94. The van der Waals surface area contributed by atoms with Gasteiger partial charge in [-0.25, -0.2) is 0 Å². The molecule has 0 spiro atoms. The number of halogens is 1. The van der Waals surface area contributed by atoms with Gasteiger partial charge in [0.2, 0.25) is 0 Å². The molecule has 16 heavy (non-hydrogen) atoms. The molecule has 2 aromatic rings. The van der Waals surface area contributed by atoms with E-state index in [2.05, 4.69) is 0 Å². The fourth-order valence-electron chi connectivity index (χ4n) is 1.79. The third-order valence-corrected chi connectivity index (χ3v) is 3.09. The minimum Gasteiger partial charge on any atom is -0.389 e. The monoisotopic (exact) mass is 239 g/mol. The van der Waals surface area contributed by atoms with E-state index in [0.717, 1.165) is 10.9 Å². The van der Waals surface area contributed by atoms with Gasteiger partial charge >= 0.3 is 0 Å². The molecule has 0 amide bonds. The summed E-state index contributed by atoms with van der Waals surface area (Å²) in [7, 11) is 1.96. The van der Waals surface area contributed by atoms with Crippen LogP contribution >= 0.6 is 11.6 Å². The van der Waals surface area contributed by atoms with Crippen molar-refractivity contribution in [1.29, 1.82) is 0 Å². The summed E-state index contributed by atoms with van der Waals surface area (Å²) >= 11 is 5.50. The van der Waals surface area contributed by atoms with Crippen LogP contribution in [-0.2, 0) is 7.05 Å². The molecule has 4 heteroatoms. The fourth-order valence-corrected chi connectivity index (χ4v) is 1.96. The van der Waals surface area contributed by atoms with Gasteiger partial charge in [-0.05, 0) is 29.1 Å². The summed E-state index contributed by atoms with van der Waals surface area (Å²) in [6, 6.07) is 7.58. The number of aryl methyl sites for hydroxylation is 1. The second-order valence-electron chi connectivity index (χ2n) is 3.91. The van der Waals surface area contributed by atoms with E-state index < -0.39 is 12.2 Å². The Morgan fingerprint density at radius 2 is 2.06 bits per heavy atom. The van der Waals surface area contributed by atoms with E-state index in [9.17, 15) is 10.2 Å². The van der Waals surface area contributed by atoms with Gasteiger partial charge in [-0.15, -0.1) is 11.6 Å². The molecule has 3 nitrogen and oxygen atoms in total. The Morgan fingerprint density at radius 3 is 2.75 bits per heavy atom. The number of fused-ring (bicyclic) bond motifs is 1. The zero-order valence-electron chi connectivity index (χ0n) is 8.97. The van der Waals surface area contributed by atoms with Gasteiger partial charge in [0.25, 0.3) is 0 Å². The Kier molecular flexibility index (Phi) is 3.19. The summed E-state index contributed by atoms with van der Waals surface area (Å²) in [5, 5.41) is 20.3. The standard InChI is InChI=1S/C12H14ClNO2/c1-14-5-4-8-6-9(2-3-10(8)14)12(16)11(15)7-13/h2-6,11-12,15-16H,7H2,1H3. The number of hydrogen-bond donors (Lipinski definition) is 2. The summed E-state index contributed by atoms with van der Waals surface area (Å²) in [5.41, 5.74) is 1.78. The molecule has 0 aliphatic rings. The van der Waals surface area contributed by atoms with Gasteiger partial charge in [-0.1, -0.05) is 6.07 Å². The predicted molar refractivity (Wildman–Crippen MR) is 64.6 cm³/mol. The maximum Gasteiger partial charge on any atom is 0.106 e. The lowest BCUT2D eigenvalue weighted by molar-refractivity contribution is 0.0328. The van der Waals surface area contributed by atoms with Crippen LogP contribution in [-0.4, -0.2) is 26.8 Å². The molecule has 0 bridgehead atoms. The van der Waals surface area contributed by atoms with Crippen LogP contribution < -0.4 is 0 Å². The molecule has 86 valence electrons. The molecule has 2 atom stereocenters. The van der Waals surface area contributed by atoms with Crippen LogP contribution in [0.25, 0.3) is 10.9 Å². The highest BCUT2D eigenvalue weighted by molar-refractivity contribution is 6.18. The van der Waals surface area contributed by atoms with E-state index in [1.54, 1.807) is 0 Å². The number of alkyl halides is 1. The molecule has 0 aliphatic heterocycles. The number of hydrogen-bond acceptors (Lipinski definition) is 2. The van der Waals surface area contributed by atoms with E-state index in [1.165, 1.54) is 0 Å². The number of benzene rings is 1. The second-order valence-corrected chi connectivity index (χ2v) is 4.22. The molecule has 2 N–H and O–H groups in total. The summed E-state index contributed by atoms with van der Waals surface area (Å²) < 4.78 is 2.00. The highest BCUT2D eigenvalue weighted by Gasteiger charge is 2.17. The SMILES string of the molecule is Cn1ccc2cc(C(O)C(O)CCl)ccc21. The summed E-state index contributed by atoms with van der Waals surface area (Å²) in [5.74, 6) is 0.0218. The van der Waals surface area contributed by atoms with Gasteiger partial charge in [0, 0.05) is 18.8 Å². The highest BCUT2D eigenvalue weighted by atomic mass is 35.5. The number of aliphatic hydroxyl groups excluding tert-OH is 2. The van der Waals surface area contributed by atoms with Crippen molar-refractivity contribution in [2.75, 3.05) is 5.88 Å². The van der Waals surface area contributed by atoms with E-state index in [4.69, 9.17) is 11.6 Å². The number of aliphatic hydroxyl groups is 2. The topological polar surface area (TPSA) is 45.4 Å². The number of aromatic nitrogens is 1. The van der Waals surface area contributed by atoms with Gasteiger partial charge in [0.1, 0.15) is 6.10 Å². The van der Waals surface area contributed by atoms with Gasteiger partial charge in [0.15, 0.2) is 0 Å². The van der Waals surface area contributed by atoms with Crippen LogP contribution in [0, 0.1) is 0 Å². The Hall–Kier alpha value is -1.03. The van der Waals surface area contributed by atoms with Crippen LogP contribution in [0.2, 0.25) is 0 Å². The van der Waals surface area contributed by atoms with Crippen LogP contribution in [0.5, 0.6) is 0 Å². The van der Waals surface area contributed by atoms with Crippen molar-refractivity contribution in [1.82, 2.24) is 4.57 Å². The summed E-state index contributed by atoms with van der Waals surface area (Å²) in [6.45, 7) is 0. The predicted octanol–water partition coefficient (Wildman–Crippen LogP) is 1.81. The molecular formula is C12H14ClNO2.